The van der Waals surface area contributed by atoms with Crippen LogP contribution in [0.5, 0.6) is 0 Å². The predicted molar refractivity (Wildman–Crippen MR) is 265 cm³/mol. The number of hydrogen-bond donors (Lipinski definition) is 0. The minimum absolute atomic E-state index is 0.290. The summed E-state index contributed by atoms with van der Waals surface area (Å²) in [7, 11) is 0. The highest BCUT2D eigenvalue weighted by Gasteiger charge is 2.40. The van der Waals surface area contributed by atoms with Crippen LogP contribution in [0.25, 0.3) is 45.3 Å². The number of rotatable bonds is 6. The first kappa shape index (κ1) is 40.1. The molecule has 9 aromatic rings. The van der Waals surface area contributed by atoms with Crippen LogP contribution in [0.2, 0.25) is 0 Å². The van der Waals surface area contributed by atoms with Crippen molar-refractivity contribution in [3.8, 4) is 57.4 Å². The van der Waals surface area contributed by atoms with Crippen molar-refractivity contribution < 1.29 is 0 Å². The quantitative estimate of drug-likeness (QED) is 0.164. The Labute approximate surface area is 385 Å². The van der Waals surface area contributed by atoms with Crippen LogP contribution >= 0.6 is 0 Å². The number of nitriles is 2. The maximum absolute atomic E-state index is 11.1. The van der Waals surface area contributed by atoms with Crippen LogP contribution in [0.15, 0.2) is 188 Å². The van der Waals surface area contributed by atoms with E-state index in [9.17, 15) is 10.5 Å². The highest BCUT2D eigenvalue weighted by atomic mass is 15.2. The highest BCUT2D eigenvalue weighted by molar-refractivity contribution is 5.99. The molecule has 7 nitrogen and oxygen atoms in total. The normalized spacial score (nSPS) is 13.9. The molecule has 0 amide bonds. The summed E-state index contributed by atoms with van der Waals surface area (Å²) in [5.41, 5.74) is 14.7. The molecule has 0 spiro atoms. The fourth-order valence-corrected chi connectivity index (χ4v) is 10.2. The molecule has 0 saturated heterocycles. The Morgan fingerprint density at radius 3 is 1.30 bits per heavy atom. The molecular weight excluding hydrogens is 807 g/mol. The molecule has 3 heterocycles. The van der Waals surface area contributed by atoms with Gasteiger partial charge in [0.25, 0.3) is 0 Å². The number of fused-ring (bicyclic) bond motifs is 4. The second-order valence-corrected chi connectivity index (χ2v) is 17.9. The molecule has 0 N–H and O–H groups in total. The molecule has 66 heavy (non-hydrogen) atoms. The molecule has 7 heteroatoms. The molecule has 0 atom stereocenters. The van der Waals surface area contributed by atoms with E-state index in [0.717, 1.165) is 56.4 Å². The third-order valence-electron chi connectivity index (χ3n) is 13.4. The summed E-state index contributed by atoms with van der Waals surface area (Å²) in [5.74, 6) is 1.24. The van der Waals surface area contributed by atoms with Crippen molar-refractivity contribution in [3.63, 3.8) is 0 Å². The van der Waals surface area contributed by atoms with Crippen LogP contribution < -0.4 is 9.80 Å². The molecule has 8 aromatic carbocycles. The van der Waals surface area contributed by atoms with E-state index in [0.29, 0.717) is 34.2 Å². The number of aromatic nitrogens is 3. The molecule has 11 rings (SSSR count). The molecule has 2 aliphatic heterocycles. The van der Waals surface area contributed by atoms with Crippen molar-refractivity contribution in [3.05, 3.63) is 221 Å². The lowest BCUT2D eigenvalue weighted by Crippen LogP contribution is -2.31. The van der Waals surface area contributed by atoms with Gasteiger partial charge in [-0.1, -0.05) is 161 Å². The van der Waals surface area contributed by atoms with E-state index >= 15 is 0 Å². The third-order valence-corrected chi connectivity index (χ3v) is 13.4. The Bertz CT molecular complexity index is 3380. The Balaban J connectivity index is 1.24. The van der Waals surface area contributed by atoms with Gasteiger partial charge in [-0.05, 0) is 88.0 Å². The number of hydrogen-bond acceptors (Lipinski definition) is 7. The van der Waals surface area contributed by atoms with Gasteiger partial charge in [0.05, 0.1) is 68.5 Å². The van der Waals surface area contributed by atoms with Crippen molar-refractivity contribution in [2.45, 2.75) is 38.5 Å². The molecule has 0 radical (unpaired) electrons. The van der Waals surface area contributed by atoms with Crippen LogP contribution in [0, 0.1) is 22.7 Å². The molecule has 2 aliphatic rings. The minimum atomic E-state index is -0.290. The van der Waals surface area contributed by atoms with Crippen LogP contribution in [-0.4, -0.2) is 15.0 Å². The van der Waals surface area contributed by atoms with Gasteiger partial charge in [-0.15, -0.1) is 0 Å². The van der Waals surface area contributed by atoms with Gasteiger partial charge in [0.1, 0.15) is 0 Å². The standard InChI is InChI=1S/C59H43N7/c1-58(2)43-25-8-12-29-47(43)65(48-30-13-9-26-44(48)58)51-33-17-23-41(37-61)53(51)56-62-55(39-20-6-5-7-21-39)63-57(64-56)54-42(40-22-16-19-38(35-40)36-60)24-18-34-52(54)66-49-31-14-10-27-45(49)59(3,4)46-28-11-15-32-50(46)66/h5-35H,1-4H3. The van der Waals surface area contributed by atoms with Gasteiger partial charge in [-0.3, -0.25) is 0 Å². The molecule has 0 saturated carbocycles. The van der Waals surface area contributed by atoms with Gasteiger partial charge in [-0.2, -0.15) is 10.5 Å². The molecule has 0 unspecified atom stereocenters. The lowest BCUT2D eigenvalue weighted by molar-refractivity contribution is 0.632. The van der Waals surface area contributed by atoms with Crippen LogP contribution in [0.1, 0.15) is 61.1 Å². The molecule has 0 bridgehead atoms. The Kier molecular flexibility index (Phi) is 9.46. The number of benzene rings is 8. The van der Waals surface area contributed by atoms with E-state index in [4.69, 9.17) is 15.0 Å². The summed E-state index contributed by atoms with van der Waals surface area (Å²) in [6.45, 7) is 9.09. The van der Waals surface area contributed by atoms with E-state index in [1.54, 1.807) is 0 Å². The summed E-state index contributed by atoms with van der Waals surface area (Å²) in [5, 5.41) is 21.2. The number of anilines is 6. The van der Waals surface area contributed by atoms with Gasteiger partial charge in [0, 0.05) is 16.4 Å². The highest BCUT2D eigenvalue weighted by Crippen LogP contribution is 2.56. The minimum Gasteiger partial charge on any atom is -0.309 e. The predicted octanol–water partition coefficient (Wildman–Crippen LogP) is 14.5. The smallest absolute Gasteiger partial charge is 0.167 e. The average molecular weight is 850 g/mol. The zero-order valence-electron chi connectivity index (χ0n) is 37.0. The van der Waals surface area contributed by atoms with Crippen LogP contribution in [-0.2, 0) is 10.8 Å². The largest absolute Gasteiger partial charge is 0.309 e. The molecule has 0 aliphatic carbocycles. The van der Waals surface area contributed by atoms with Gasteiger partial charge in [0.2, 0.25) is 0 Å². The van der Waals surface area contributed by atoms with Gasteiger partial charge >= 0.3 is 0 Å². The van der Waals surface area contributed by atoms with Gasteiger partial charge in [0.15, 0.2) is 17.5 Å². The zero-order valence-corrected chi connectivity index (χ0v) is 37.0. The monoisotopic (exact) mass is 849 g/mol. The van der Waals surface area contributed by atoms with E-state index in [1.165, 1.54) is 22.3 Å². The fourth-order valence-electron chi connectivity index (χ4n) is 10.2. The SMILES string of the molecule is CC1(C)c2ccccc2N(c2cccc(C#N)c2-c2nc(-c3ccccc3)nc(-c3c(-c4cccc(C#N)c4)cccc3N3c4ccccc4C(C)(C)c4ccccc43)n2)c2ccccc21. The lowest BCUT2D eigenvalue weighted by atomic mass is 9.73. The first-order valence-corrected chi connectivity index (χ1v) is 22.2. The molecule has 0 fully saturated rings. The van der Waals surface area contributed by atoms with Crippen molar-refractivity contribution in [1.82, 2.24) is 15.0 Å². The summed E-state index contributed by atoms with van der Waals surface area (Å²) < 4.78 is 0. The van der Waals surface area contributed by atoms with Crippen molar-refractivity contribution in [2.24, 2.45) is 0 Å². The third kappa shape index (κ3) is 6.28. The summed E-state index contributed by atoms with van der Waals surface area (Å²) in [4.78, 5) is 20.8. The molecular formula is C59H43N7. The lowest BCUT2D eigenvalue weighted by Gasteiger charge is -2.42. The second kappa shape index (κ2) is 15.6. The summed E-state index contributed by atoms with van der Waals surface area (Å²) in [6, 6.07) is 68.8. The topological polar surface area (TPSA) is 92.7 Å². The van der Waals surface area contributed by atoms with Crippen LogP contribution in [0.4, 0.5) is 34.1 Å². The summed E-state index contributed by atoms with van der Waals surface area (Å²) >= 11 is 0. The van der Waals surface area contributed by atoms with Crippen molar-refractivity contribution in [2.75, 3.05) is 9.80 Å². The van der Waals surface area contributed by atoms with E-state index in [2.05, 4.69) is 171 Å². The second-order valence-electron chi connectivity index (χ2n) is 17.9. The number of nitrogens with zero attached hydrogens (tertiary/aromatic N) is 7. The first-order chi connectivity index (χ1) is 32.2. The maximum Gasteiger partial charge on any atom is 0.167 e. The van der Waals surface area contributed by atoms with Crippen LogP contribution in [0.3, 0.4) is 0 Å². The first-order valence-electron chi connectivity index (χ1n) is 22.2. The van der Waals surface area contributed by atoms with Crippen molar-refractivity contribution >= 4 is 34.1 Å². The average Bonchev–Trinajstić information content (AvgIpc) is 3.36. The molecule has 1 aromatic heterocycles. The zero-order chi connectivity index (χ0) is 45.2. The summed E-state index contributed by atoms with van der Waals surface area (Å²) in [6.07, 6.45) is 0. The van der Waals surface area contributed by atoms with E-state index in [-0.39, 0.29) is 10.8 Å². The number of para-hydroxylation sites is 4. The molecule has 314 valence electrons. The Hall–Kier alpha value is -8.65. The van der Waals surface area contributed by atoms with E-state index < -0.39 is 0 Å². The van der Waals surface area contributed by atoms with Gasteiger partial charge < -0.3 is 9.80 Å². The fraction of sp³-hybridized carbons (Fsp3) is 0.102. The Morgan fingerprint density at radius 2 is 0.788 bits per heavy atom. The van der Waals surface area contributed by atoms with Gasteiger partial charge in [-0.25, -0.2) is 15.0 Å². The Morgan fingerprint density at radius 1 is 0.379 bits per heavy atom. The van der Waals surface area contributed by atoms with E-state index in [1.807, 2.05) is 66.7 Å². The van der Waals surface area contributed by atoms with Crippen molar-refractivity contribution in [1.29, 1.82) is 10.5 Å². The maximum atomic E-state index is 11.1.